The normalized spacial score (nSPS) is 20.0. The van der Waals surface area contributed by atoms with Crippen LogP contribution in [0.5, 0.6) is 5.75 Å². The van der Waals surface area contributed by atoms with E-state index in [1.54, 1.807) is 41.3 Å². The SMILES string of the molecule is CCOc1ccc(N2C(=O)CC(N(C(=O)c3ccco3)C3CCCCCC3)C2=O)cc1. The molecule has 1 aliphatic carbocycles. The fraction of sp³-hybridized carbons (Fsp3) is 0.458. The fourth-order valence-electron chi connectivity index (χ4n) is 4.59. The highest BCUT2D eigenvalue weighted by Crippen LogP contribution is 2.32. The van der Waals surface area contributed by atoms with Crippen LogP contribution in [-0.2, 0) is 9.59 Å². The maximum Gasteiger partial charge on any atom is 0.290 e. The third-order valence-electron chi connectivity index (χ3n) is 6.05. The summed E-state index contributed by atoms with van der Waals surface area (Å²) in [6, 6.07) is 9.25. The zero-order valence-electron chi connectivity index (χ0n) is 17.8. The lowest BCUT2D eigenvalue weighted by Gasteiger charge is -2.34. The van der Waals surface area contributed by atoms with Gasteiger partial charge in [-0.1, -0.05) is 25.7 Å². The van der Waals surface area contributed by atoms with Gasteiger partial charge in [0.15, 0.2) is 5.76 Å². The zero-order valence-corrected chi connectivity index (χ0v) is 17.8. The van der Waals surface area contributed by atoms with Crippen molar-refractivity contribution >= 4 is 23.4 Å². The van der Waals surface area contributed by atoms with Gasteiger partial charge in [0.25, 0.3) is 11.8 Å². The van der Waals surface area contributed by atoms with Gasteiger partial charge in [0, 0.05) is 6.04 Å². The standard InChI is InChI=1S/C24H28N2O5/c1-2-30-19-13-11-18(12-14-19)26-22(27)16-20(23(26)28)25(17-8-5-3-4-6-9-17)24(29)21-10-7-15-31-21/h7,10-15,17,20H,2-6,8-9,16H2,1H3. The van der Waals surface area contributed by atoms with E-state index >= 15 is 0 Å². The molecule has 7 nitrogen and oxygen atoms in total. The van der Waals surface area contributed by atoms with Crippen molar-refractivity contribution in [3.63, 3.8) is 0 Å². The van der Waals surface area contributed by atoms with E-state index in [0.717, 1.165) is 38.5 Å². The smallest absolute Gasteiger partial charge is 0.290 e. The molecule has 4 rings (SSSR count). The van der Waals surface area contributed by atoms with Crippen LogP contribution in [0.4, 0.5) is 5.69 Å². The van der Waals surface area contributed by atoms with Crippen LogP contribution >= 0.6 is 0 Å². The molecule has 1 atom stereocenters. The van der Waals surface area contributed by atoms with Crippen LogP contribution in [0.25, 0.3) is 0 Å². The van der Waals surface area contributed by atoms with Crippen molar-refractivity contribution in [3.05, 3.63) is 48.4 Å². The number of benzene rings is 1. The molecule has 0 N–H and O–H groups in total. The Bertz CT molecular complexity index is 914. The number of furan rings is 1. The highest BCUT2D eigenvalue weighted by molar-refractivity contribution is 6.23. The summed E-state index contributed by atoms with van der Waals surface area (Å²) < 4.78 is 10.8. The maximum absolute atomic E-state index is 13.4. The second-order valence-electron chi connectivity index (χ2n) is 8.05. The predicted molar refractivity (Wildman–Crippen MR) is 115 cm³/mol. The van der Waals surface area contributed by atoms with Crippen molar-refractivity contribution in [1.82, 2.24) is 4.90 Å². The molecule has 1 saturated carbocycles. The van der Waals surface area contributed by atoms with Gasteiger partial charge in [0.2, 0.25) is 5.91 Å². The number of hydrogen-bond acceptors (Lipinski definition) is 5. The molecule has 3 amide bonds. The van der Waals surface area contributed by atoms with E-state index in [4.69, 9.17) is 9.15 Å². The molecule has 0 radical (unpaired) electrons. The summed E-state index contributed by atoms with van der Waals surface area (Å²) in [4.78, 5) is 42.5. The third-order valence-corrected chi connectivity index (χ3v) is 6.05. The molecule has 0 bridgehead atoms. The van der Waals surface area contributed by atoms with Gasteiger partial charge in [-0.05, 0) is 56.2 Å². The van der Waals surface area contributed by atoms with Gasteiger partial charge in [-0.25, -0.2) is 4.90 Å². The number of rotatable bonds is 6. The Morgan fingerprint density at radius 1 is 1.10 bits per heavy atom. The van der Waals surface area contributed by atoms with Crippen LogP contribution in [-0.4, -0.2) is 41.3 Å². The average molecular weight is 424 g/mol. The van der Waals surface area contributed by atoms with E-state index in [1.807, 2.05) is 6.92 Å². The molecule has 1 unspecified atom stereocenters. The van der Waals surface area contributed by atoms with Crippen LogP contribution in [0.1, 0.15) is 62.4 Å². The zero-order chi connectivity index (χ0) is 21.8. The van der Waals surface area contributed by atoms with Crippen LogP contribution in [0.3, 0.4) is 0 Å². The second kappa shape index (κ2) is 9.37. The van der Waals surface area contributed by atoms with E-state index < -0.39 is 6.04 Å². The minimum atomic E-state index is -0.820. The van der Waals surface area contributed by atoms with Crippen molar-refractivity contribution in [2.24, 2.45) is 0 Å². The summed E-state index contributed by atoms with van der Waals surface area (Å²) >= 11 is 0. The van der Waals surface area contributed by atoms with Crippen molar-refractivity contribution < 1.29 is 23.5 Å². The number of nitrogens with zero attached hydrogens (tertiary/aromatic N) is 2. The summed E-state index contributed by atoms with van der Waals surface area (Å²) in [5, 5.41) is 0. The van der Waals surface area contributed by atoms with Gasteiger partial charge >= 0.3 is 0 Å². The Morgan fingerprint density at radius 3 is 2.42 bits per heavy atom. The molecule has 1 aromatic heterocycles. The molecular formula is C24H28N2O5. The molecule has 7 heteroatoms. The molecule has 1 aliphatic heterocycles. The third kappa shape index (κ3) is 4.36. The summed E-state index contributed by atoms with van der Waals surface area (Å²) in [7, 11) is 0. The molecule has 31 heavy (non-hydrogen) atoms. The summed E-state index contributed by atoms with van der Waals surface area (Å²) in [6.45, 7) is 2.43. The number of carbonyl (C=O) groups is 3. The van der Waals surface area contributed by atoms with Crippen LogP contribution in [0.15, 0.2) is 47.1 Å². The van der Waals surface area contributed by atoms with Gasteiger partial charge in [-0.2, -0.15) is 0 Å². The minimum Gasteiger partial charge on any atom is -0.494 e. The van der Waals surface area contributed by atoms with E-state index in [9.17, 15) is 14.4 Å². The van der Waals surface area contributed by atoms with Gasteiger partial charge in [0.05, 0.1) is 25.0 Å². The molecule has 1 saturated heterocycles. The lowest BCUT2D eigenvalue weighted by Crippen LogP contribution is -2.50. The Morgan fingerprint density at radius 2 is 1.81 bits per heavy atom. The number of imide groups is 1. The molecule has 2 aliphatic rings. The van der Waals surface area contributed by atoms with E-state index in [2.05, 4.69) is 0 Å². The van der Waals surface area contributed by atoms with Crippen LogP contribution in [0, 0.1) is 0 Å². The fourth-order valence-corrected chi connectivity index (χ4v) is 4.59. The van der Waals surface area contributed by atoms with Gasteiger partial charge < -0.3 is 14.1 Å². The highest BCUT2D eigenvalue weighted by Gasteiger charge is 2.47. The van der Waals surface area contributed by atoms with Gasteiger partial charge in [0.1, 0.15) is 11.8 Å². The number of carbonyl (C=O) groups excluding carboxylic acids is 3. The lowest BCUT2D eigenvalue weighted by atomic mass is 10.0. The molecule has 2 aromatic rings. The number of ether oxygens (including phenoxy) is 1. The average Bonchev–Trinajstić information content (AvgIpc) is 3.31. The van der Waals surface area contributed by atoms with Crippen LogP contribution < -0.4 is 9.64 Å². The highest BCUT2D eigenvalue weighted by atomic mass is 16.5. The van der Waals surface area contributed by atoms with Crippen molar-refractivity contribution in [2.75, 3.05) is 11.5 Å². The Labute approximate surface area is 181 Å². The molecular weight excluding hydrogens is 396 g/mol. The first-order chi connectivity index (χ1) is 15.1. The van der Waals surface area contributed by atoms with Gasteiger partial charge in [-0.3, -0.25) is 14.4 Å². The predicted octanol–water partition coefficient (Wildman–Crippen LogP) is 4.18. The first-order valence-corrected chi connectivity index (χ1v) is 11.1. The largest absolute Gasteiger partial charge is 0.494 e. The number of hydrogen-bond donors (Lipinski definition) is 0. The number of amides is 3. The lowest BCUT2D eigenvalue weighted by molar-refractivity contribution is -0.123. The van der Waals surface area contributed by atoms with E-state index in [-0.39, 0.29) is 35.9 Å². The topological polar surface area (TPSA) is 80.1 Å². The molecule has 164 valence electrons. The quantitative estimate of drug-likeness (QED) is 0.513. The number of anilines is 1. The summed E-state index contributed by atoms with van der Waals surface area (Å²) in [5.74, 6) is -0.112. The van der Waals surface area contributed by atoms with Crippen LogP contribution in [0.2, 0.25) is 0 Å². The van der Waals surface area contributed by atoms with E-state index in [1.165, 1.54) is 11.2 Å². The second-order valence-corrected chi connectivity index (χ2v) is 8.05. The molecule has 2 heterocycles. The molecule has 2 fully saturated rings. The minimum absolute atomic E-state index is 0.0189. The summed E-state index contributed by atoms with van der Waals surface area (Å²) in [5.41, 5.74) is 0.493. The Hall–Kier alpha value is -3.09. The van der Waals surface area contributed by atoms with Crippen molar-refractivity contribution in [1.29, 1.82) is 0 Å². The Kier molecular flexibility index (Phi) is 6.39. The molecule has 0 spiro atoms. The maximum atomic E-state index is 13.4. The summed E-state index contributed by atoms with van der Waals surface area (Å²) in [6.07, 6.45) is 7.33. The molecule has 1 aromatic carbocycles. The van der Waals surface area contributed by atoms with Gasteiger partial charge in [-0.15, -0.1) is 0 Å². The van der Waals surface area contributed by atoms with Crippen molar-refractivity contribution in [3.8, 4) is 5.75 Å². The first kappa shape index (κ1) is 21.2. The first-order valence-electron chi connectivity index (χ1n) is 11.1. The monoisotopic (exact) mass is 424 g/mol. The van der Waals surface area contributed by atoms with Crippen molar-refractivity contribution in [2.45, 2.75) is 64.0 Å². The van der Waals surface area contributed by atoms with E-state index in [0.29, 0.717) is 18.0 Å². The Balaban J connectivity index is 1.62.